The van der Waals surface area contributed by atoms with Crippen LogP contribution in [0.15, 0.2) is 41.3 Å². The lowest BCUT2D eigenvalue weighted by Crippen LogP contribution is -2.12. The number of aromatic nitrogens is 4. The summed E-state index contributed by atoms with van der Waals surface area (Å²) in [6.45, 7) is 0. The molecule has 0 unspecified atom stereocenters. The zero-order chi connectivity index (χ0) is 16.4. The molecule has 0 aromatic carbocycles. The Labute approximate surface area is 126 Å². The number of pyridine rings is 1. The summed E-state index contributed by atoms with van der Waals surface area (Å²) >= 11 is 0. The molecule has 3 rings (SSSR count). The molecule has 0 atom stereocenters. The number of rotatable bonds is 3. The highest BCUT2D eigenvalue weighted by Gasteiger charge is 2.33. The number of hydrogen-bond donors (Lipinski definition) is 1. The normalized spacial score (nSPS) is 11.4. The van der Waals surface area contributed by atoms with Gasteiger partial charge in [0.15, 0.2) is 17.8 Å². The van der Waals surface area contributed by atoms with Gasteiger partial charge in [0.25, 0.3) is 0 Å². The van der Waals surface area contributed by atoms with Gasteiger partial charge in [-0.3, -0.25) is 0 Å². The Hall–Kier alpha value is -3.17. The van der Waals surface area contributed by atoms with Gasteiger partial charge in [0, 0.05) is 6.07 Å². The lowest BCUT2D eigenvalue weighted by atomic mass is 10.2. The number of halogens is 3. The van der Waals surface area contributed by atoms with E-state index in [-0.39, 0.29) is 23.0 Å². The van der Waals surface area contributed by atoms with Gasteiger partial charge in [-0.2, -0.15) is 18.3 Å². The molecule has 0 saturated heterocycles. The summed E-state index contributed by atoms with van der Waals surface area (Å²) in [4.78, 5) is 19.1. The first-order valence-corrected chi connectivity index (χ1v) is 6.15. The fourth-order valence-corrected chi connectivity index (χ4v) is 1.74. The second-order valence-corrected chi connectivity index (χ2v) is 4.25. The summed E-state index contributed by atoms with van der Waals surface area (Å²) in [6.07, 6.45) is -2.34. The lowest BCUT2D eigenvalue weighted by molar-refractivity contribution is -0.141. The fraction of sp³-hybridized carbons (Fsp3) is 0.0769. The van der Waals surface area contributed by atoms with E-state index < -0.39 is 17.8 Å². The van der Waals surface area contributed by atoms with Crippen molar-refractivity contribution >= 4 is 5.97 Å². The van der Waals surface area contributed by atoms with E-state index in [2.05, 4.69) is 20.2 Å². The quantitative estimate of drug-likeness (QED) is 0.745. The van der Waals surface area contributed by atoms with Crippen LogP contribution in [0.3, 0.4) is 0 Å². The van der Waals surface area contributed by atoms with Crippen LogP contribution < -0.4 is 4.74 Å². The molecule has 0 aliphatic heterocycles. The van der Waals surface area contributed by atoms with Gasteiger partial charge in [0.2, 0.25) is 5.88 Å². The van der Waals surface area contributed by atoms with Crippen molar-refractivity contribution in [3.8, 4) is 17.3 Å². The number of alkyl halides is 3. The van der Waals surface area contributed by atoms with Crippen molar-refractivity contribution in [2.45, 2.75) is 6.18 Å². The highest BCUT2D eigenvalue weighted by Crippen LogP contribution is 2.30. The smallest absolute Gasteiger partial charge is 0.433 e. The van der Waals surface area contributed by atoms with Crippen LogP contribution in [0.1, 0.15) is 16.2 Å². The van der Waals surface area contributed by atoms with Crippen molar-refractivity contribution in [2.24, 2.45) is 0 Å². The van der Waals surface area contributed by atoms with Crippen LogP contribution in [-0.4, -0.2) is 26.1 Å². The van der Waals surface area contributed by atoms with E-state index >= 15 is 0 Å². The lowest BCUT2D eigenvalue weighted by Gasteiger charge is -2.06. The zero-order valence-corrected chi connectivity index (χ0v) is 11.2. The van der Waals surface area contributed by atoms with Crippen molar-refractivity contribution in [1.29, 1.82) is 0 Å². The van der Waals surface area contributed by atoms with Gasteiger partial charge in [0.05, 0.1) is 6.20 Å². The number of ether oxygens (including phenoxy) is 1. The molecule has 3 aromatic rings. The Morgan fingerprint density at radius 2 is 2.09 bits per heavy atom. The maximum atomic E-state index is 12.7. The summed E-state index contributed by atoms with van der Waals surface area (Å²) < 4.78 is 48.0. The van der Waals surface area contributed by atoms with Crippen molar-refractivity contribution in [2.75, 3.05) is 0 Å². The molecule has 1 N–H and O–H groups in total. The second-order valence-electron chi connectivity index (χ2n) is 4.25. The number of aromatic amines is 1. The Kier molecular flexibility index (Phi) is 3.56. The standard InChI is InChI=1S/C13H7F3N4O3/c14-13(15,16)8-3-1-2-7(19-8)11-10(17-6-22-11)12(21)23-9-4-5-18-20-9/h1-6H,(H,18,20). The van der Waals surface area contributed by atoms with Crippen LogP contribution in [-0.2, 0) is 6.18 Å². The first-order valence-electron chi connectivity index (χ1n) is 6.15. The van der Waals surface area contributed by atoms with Gasteiger partial charge in [-0.25, -0.2) is 19.9 Å². The van der Waals surface area contributed by atoms with Gasteiger partial charge < -0.3 is 9.15 Å². The van der Waals surface area contributed by atoms with E-state index in [1.165, 1.54) is 18.3 Å². The molecule has 0 saturated carbocycles. The molecular formula is C13H7F3N4O3. The minimum Gasteiger partial charge on any atom is -0.441 e. The molecule has 0 radical (unpaired) electrons. The molecule has 23 heavy (non-hydrogen) atoms. The maximum absolute atomic E-state index is 12.7. The summed E-state index contributed by atoms with van der Waals surface area (Å²) in [5.41, 5.74) is -1.60. The predicted molar refractivity (Wildman–Crippen MR) is 68.3 cm³/mol. The minimum absolute atomic E-state index is 0.0564. The van der Waals surface area contributed by atoms with Gasteiger partial charge in [-0.15, -0.1) is 0 Å². The van der Waals surface area contributed by atoms with E-state index in [0.717, 1.165) is 18.5 Å². The number of esters is 1. The number of carbonyl (C=O) groups excluding carboxylic acids is 1. The SMILES string of the molecule is O=C(Oc1ccn[nH]1)c1ncoc1-c1cccc(C(F)(F)F)n1. The molecule has 118 valence electrons. The third kappa shape index (κ3) is 3.05. The molecule has 10 heteroatoms. The van der Waals surface area contributed by atoms with Crippen LogP contribution in [0, 0.1) is 0 Å². The molecule has 0 fully saturated rings. The van der Waals surface area contributed by atoms with E-state index in [4.69, 9.17) is 9.15 Å². The van der Waals surface area contributed by atoms with Crippen LogP contribution >= 0.6 is 0 Å². The first-order chi connectivity index (χ1) is 10.9. The molecule has 0 amide bonds. The predicted octanol–water partition coefficient (Wildman–Crippen LogP) is 2.70. The molecule has 3 heterocycles. The molecule has 0 bridgehead atoms. The number of nitrogens with one attached hydrogen (secondary N) is 1. The Morgan fingerprint density at radius 1 is 1.26 bits per heavy atom. The van der Waals surface area contributed by atoms with Crippen LogP contribution in [0.4, 0.5) is 13.2 Å². The van der Waals surface area contributed by atoms with Gasteiger partial charge in [-0.05, 0) is 12.1 Å². The summed E-state index contributed by atoms with van der Waals surface area (Å²) in [7, 11) is 0. The van der Waals surface area contributed by atoms with Crippen molar-refractivity contribution in [3.05, 3.63) is 48.2 Å². The Balaban J connectivity index is 1.93. The molecule has 7 nitrogen and oxygen atoms in total. The second kappa shape index (κ2) is 5.55. The van der Waals surface area contributed by atoms with Crippen molar-refractivity contribution < 1.29 is 27.1 Å². The molecule has 0 spiro atoms. The number of nitrogens with zero attached hydrogens (tertiary/aromatic N) is 3. The van der Waals surface area contributed by atoms with Gasteiger partial charge in [-0.1, -0.05) is 6.07 Å². The highest BCUT2D eigenvalue weighted by atomic mass is 19.4. The fourth-order valence-electron chi connectivity index (χ4n) is 1.74. The Morgan fingerprint density at radius 3 is 2.78 bits per heavy atom. The minimum atomic E-state index is -4.62. The topological polar surface area (TPSA) is 93.9 Å². The number of oxazole rings is 1. The summed E-state index contributed by atoms with van der Waals surface area (Å²) in [5, 5.41) is 5.99. The summed E-state index contributed by atoms with van der Waals surface area (Å²) in [5.74, 6) is -1.08. The third-order valence-corrected chi connectivity index (χ3v) is 2.71. The van der Waals surface area contributed by atoms with E-state index in [9.17, 15) is 18.0 Å². The van der Waals surface area contributed by atoms with E-state index in [1.54, 1.807) is 0 Å². The number of hydrogen-bond acceptors (Lipinski definition) is 6. The molecule has 0 aliphatic rings. The third-order valence-electron chi connectivity index (χ3n) is 2.71. The Bertz CT molecular complexity index is 827. The maximum Gasteiger partial charge on any atom is 0.433 e. The van der Waals surface area contributed by atoms with Crippen LogP contribution in [0.5, 0.6) is 5.88 Å². The average Bonchev–Trinajstić information content (AvgIpc) is 3.17. The van der Waals surface area contributed by atoms with Crippen LogP contribution in [0.2, 0.25) is 0 Å². The van der Waals surface area contributed by atoms with E-state index in [0.29, 0.717) is 0 Å². The molecular weight excluding hydrogens is 317 g/mol. The van der Waals surface area contributed by atoms with Gasteiger partial charge in [0.1, 0.15) is 11.4 Å². The summed E-state index contributed by atoms with van der Waals surface area (Å²) in [6, 6.07) is 4.61. The van der Waals surface area contributed by atoms with Crippen LogP contribution in [0.25, 0.3) is 11.5 Å². The zero-order valence-electron chi connectivity index (χ0n) is 11.2. The van der Waals surface area contributed by atoms with E-state index in [1.807, 2.05) is 0 Å². The molecule has 3 aromatic heterocycles. The van der Waals surface area contributed by atoms with Gasteiger partial charge >= 0.3 is 12.1 Å². The van der Waals surface area contributed by atoms with Crippen molar-refractivity contribution in [3.63, 3.8) is 0 Å². The average molecular weight is 324 g/mol. The number of H-pyrrole nitrogens is 1. The first kappa shape index (κ1) is 14.8. The monoisotopic (exact) mass is 324 g/mol. The number of carbonyl (C=O) groups is 1. The van der Waals surface area contributed by atoms with Crippen molar-refractivity contribution in [1.82, 2.24) is 20.2 Å². The largest absolute Gasteiger partial charge is 0.441 e. The highest BCUT2D eigenvalue weighted by molar-refractivity contribution is 5.94. The molecule has 0 aliphatic carbocycles.